The van der Waals surface area contributed by atoms with Crippen LogP contribution in [0.25, 0.3) is 11.7 Å². The number of hydrogen-bond donors (Lipinski definition) is 1. The Labute approximate surface area is 206 Å². The molecule has 1 N–H and O–H groups in total. The molecule has 0 saturated carbocycles. The summed E-state index contributed by atoms with van der Waals surface area (Å²) in [4.78, 5) is 33.0. The van der Waals surface area contributed by atoms with Gasteiger partial charge in [0.25, 0.3) is 11.5 Å². The summed E-state index contributed by atoms with van der Waals surface area (Å²) in [5.74, 6) is -0.0604. The van der Waals surface area contributed by atoms with Gasteiger partial charge in [0.05, 0.1) is 34.1 Å². The van der Waals surface area contributed by atoms with Crippen molar-refractivity contribution in [2.75, 3.05) is 30.0 Å². The zero-order valence-electron chi connectivity index (χ0n) is 18.5. The molecule has 12 heteroatoms. The number of nitrogens with zero attached hydrogens (tertiary/aromatic N) is 3. The first kappa shape index (κ1) is 23.5. The minimum Gasteiger partial charge on any atom is -0.376 e. The van der Waals surface area contributed by atoms with Gasteiger partial charge in [0.1, 0.15) is 15.8 Å². The molecule has 2 aromatic rings. The van der Waals surface area contributed by atoms with Gasteiger partial charge in [0.2, 0.25) is 0 Å². The van der Waals surface area contributed by atoms with E-state index in [2.05, 4.69) is 10.3 Å². The first-order chi connectivity index (χ1) is 16.2. The van der Waals surface area contributed by atoms with E-state index in [0.717, 1.165) is 30.2 Å². The Balaban J connectivity index is 1.53. The van der Waals surface area contributed by atoms with Crippen molar-refractivity contribution in [2.45, 2.75) is 38.3 Å². The fraction of sp³-hybridized carbons (Fsp3) is 0.455. The maximum Gasteiger partial charge on any atom is 0.267 e. The molecule has 3 aliphatic rings. The van der Waals surface area contributed by atoms with Gasteiger partial charge in [-0.05, 0) is 43.9 Å². The number of thiocarbonyl (C=S) groups is 1. The van der Waals surface area contributed by atoms with E-state index < -0.39 is 15.9 Å². The molecule has 5 rings (SSSR count). The molecular formula is C22H24N4O5S3. The zero-order valence-corrected chi connectivity index (χ0v) is 21.0. The molecule has 3 saturated heterocycles. The maximum atomic E-state index is 13.5. The van der Waals surface area contributed by atoms with Gasteiger partial charge in [-0.2, -0.15) is 0 Å². The average Bonchev–Trinajstić information content (AvgIpc) is 3.49. The third kappa shape index (κ3) is 4.51. The minimum atomic E-state index is -3.18. The highest BCUT2D eigenvalue weighted by Gasteiger charge is 2.42. The molecule has 1 amide bonds. The fourth-order valence-corrected chi connectivity index (χ4v) is 7.53. The smallest absolute Gasteiger partial charge is 0.267 e. The van der Waals surface area contributed by atoms with Gasteiger partial charge < -0.3 is 10.1 Å². The topological polar surface area (TPSA) is 110 Å². The lowest BCUT2D eigenvalue weighted by Crippen LogP contribution is -2.39. The molecule has 2 unspecified atom stereocenters. The van der Waals surface area contributed by atoms with Crippen LogP contribution in [0.3, 0.4) is 0 Å². The van der Waals surface area contributed by atoms with Gasteiger partial charge in [-0.3, -0.25) is 18.9 Å². The molecule has 34 heavy (non-hydrogen) atoms. The third-order valence-corrected chi connectivity index (χ3v) is 9.28. The summed E-state index contributed by atoms with van der Waals surface area (Å²) in [6.07, 6.45) is 5.54. The number of nitrogens with one attached hydrogen (secondary N) is 1. The fourth-order valence-electron chi connectivity index (χ4n) is 4.44. The van der Waals surface area contributed by atoms with Crippen molar-refractivity contribution in [3.63, 3.8) is 0 Å². The second kappa shape index (κ2) is 9.06. The molecule has 0 aromatic carbocycles. The number of aromatic nitrogens is 2. The van der Waals surface area contributed by atoms with Gasteiger partial charge in [0.15, 0.2) is 9.84 Å². The monoisotopic (exact) mass is 520 g/mol. The summed E-state index contributed by atoms with van der Waals surface area (Å²) >= 11 is 6.49. The van der Waals surface area contributed by atoms with Gasteiger partial charge in [-0.25, -0.2) is 13.4 Å². The molecule has 180 valence electrons. The van der Waals surface area contributed by atoms with Crippen LogP contribution in [0.15, 0.2) is 28.0 Å². The number of ether oxygens (including phenoxy) is 1. The molecule has 0 spiro atoms. The molecule has 0 bridgehead atoms. The predicted molar refractivity (Wildman–Crippen MR) is 136 cm³/mol. The molecule has 0 radical (unpaired) electrons. The van der Waals surface area contributed by atoms with Crippen LogP contribution < -0.4 is 10.9 Å². The standard InChI is InChI=1S/C22H24N4O5S3/c1-13-4-5-18-24-19(23-10-15-3-2-7-31-15)16(20(27)25(18)11-13)9-17-21(28)26(22(32)33-17)14-6-8-34(29,30)12-14/h4-5,9,11,14-15,23H,2-3,6-8,10,12H2,1H3/b17-9+. The number of thioether (sulfide) groups is 1. The van der Waals surface area contributed by atoms with Gasteiger partial charge in [0, 0.05) is 19.3 Å². The van der Waals surface area contributed by atoms with E-state index in [1.807, 2.05) is 13.0 Å². The largest absolute Gasteiger partial charge is 0.376 e. The molecular weight excluding hydrogens is 496 g/mol. The van der Waals surface area contributed by atoms with E-state index in [1.165, 1.54) is 15.4 Å². The number of rotatable bonds is 5. The molecule has 9 nitrogen and oxygen atoms in total. The van der Waals surface area contributed by atoms with Gasteiger partial charge in [-0.15, -0.1) is 0 Å². The normalized spacial score (nSPS) is 25.7. The van der Waals surface area contributed by atoms with E-state index >= 15 is 0 Å². The predicted octanol–water partition coefficient (Wildman–Crippen LogP) is 1.98. The van der Waals surface area contributed by atoms with Crippen LogP contribution in [0, 0.1) is 6.92 Å². The van der Waals surface area contributed by atoms with Crippen molar-refractivity contribution in [1.82, 2.24) is 14.3 Å². The van der Waals surface area contributed by atoms with Gasteiger partial charge >= 0.3 is 0 Å². The Morgan fingerprint density at radius 2 is 2.15 bits per heavy atom. The Morgan fingerprint density at radius 3 is 2.85 bits per heavy atom. The highest BCUT2D eigenvalue weighted by atomic mass is 32.2. The molecule has 2 atom stereocenters. The molecule has 3 fully saturated rings. The number of hydrogen-bond acceptors (Lipinski definition) is 9. The first-order valence-corrected chi connectivity index (χ1v) is 14.1. The van der Waals surface area contributed by atoms with Crippen molar-refractivity contribution in [2.24, 2.45) is 0 Å². The van der Waals surface area contributed by atoms with E-state index in [9.17, 15) is 18.0 Å². The van der Waals surface area contributed by atoms with Gasteiger partial charge in [-0.1, -0.05) is 30.0 Å². The van der Waals surface area contributed by atoms with E-state index in [1.54, 1.807) is 12.3 Å². The van der Waals surface area contributed by atoms with Crippen LogP contribution >= 0.6 is 24.0 Å². The lowest BCUT2D eigenvalue weighted by molar-refractivity contribution is -0.123. The molecule has 5 heterocycles. The summed E-state index contributed by atoms with van der Waals surface area (Å²) in [6.45, 7) is 3.10. The first-order valence-electron chi connectivity index (χ1n) is 11.1. The summed E-state index contributed by atoms with van der Waals surface area (Å²) in [5.41, 5.74) is 1.33. The van der Waals surface area contributed by atoms with Crippen molar-refractivity contribution in [3.05, 3.63) is 44.7 Å². The molecule has 2 aromatic heterocycles. The van der Waals surface area contributed by atoms with Crippen molar-refractivity contribution < 1.29 is 17.9 Å². The highest BCUT2D eigenvalue weighted by molar-refractivity contribution is 8.26. The Kier molecular flexibility index (Phi) is 6.25. The lowest BCUT2D eigenvalue weighted by Gasteiger charge is -2.20. The number of pyridine rings is 1. The number of fused-ring (bicyclic) bond motifs is 1. The summed E-state index contributed by atoms with van der Waals surface area (Å²) < 4.78 is 31.3. The molecule has 3 aliphatic heterocycles. The zero-order chi connectivity index (χ0) is 24.0. The van der Waals surface area contributed by atoms with Crippen LogP contribution in [0.1, 0.15) is 30.4 Å². The van der Waals surface area contributed by atoms with Crippen LogP contribution in [-0.4, -0.2) is 69.7 Å². The SMILES string of the molecule is Cc1ccc2nc(NCC3CCCO3)c(/C=C3/SC(=S)N(C4CCS(=O)(=O)C4)C3=O)c(=O)n2c1. The Hall–Kier alpha value is -2.28. The summed E-state index contributed by atoms with van der Waals surface area (Å²) in [6, 6.07) is 3.18. The van der Waals surface area contributed by atoms with Crippen molar-refractivity contribution in [3.8, 4) is 0 Å². The number of anilines is 1. The van der Waals surface area contributed by atoms with Crippen LogP contribution in [0.4, 0.5) is 5.82 Å². The van der Waals surface area contributed by atoms with Crippen LogP contribution in [-0.2, 0) is 19.4 Å². The second-order valence-corrected chi connectivity index (χ2v) is 12.6. The average molecular weight is 521 g/mol. The van der Waals surface area contributed by atoms with E-state index in [0.29, 0.717) is 35.4 Å². The second-order valence-electron chi connectivity index (χ2n) is 8.74. The van der Waals surface area contributed by atoms with Crippen LogP contribution in [0.2, 0.25) is 0 Å². The number of aryl methyl sites for hydroxylation is 1. The van der Waals surface area contributed by atoms with Crippen molar-refractivity contribution in [1.29, 1.82) is 0 Å². The quantitative estimate of drug-likeness (QED) is 0.467. The van der Waals surface area contributed by atoms with Crippen LogP contribution in [0.5, 0.6) is 0 Å². The number of amides is 1. The maximum absolute atomic E-state index is 13.5. The minimum absolute atomic E-state index is 0.0358. The number of sulfone groups is 1. The van der Waals surface area contributed by atoms with E-state index in [-0.39, 0.29) is 39.5 Å². The Bertz CT molecular complexity index is 1380. The number of carbonyl (C=O) groups excluding carboxylic acids is 1. The van der Waals surface area contributed by atoms with E-state index in [4.69, 9.17) is 17.0 Å². The molecule has 0 aliphatic carbocycles. The highest BCUT2D eigenvalue weighted by Crippen LogP contribution is 2.36. The third-order valence-electron chi connectivity index (χ3n) is 6.20. The van der Waals surface area contributed by atoms with Crippen molar-refractivity contribution >= 4 is 61.6 Å². The Morgan fingerprint density at radius 1 is 1.32 bits per heavy atom. The lowest BCUT2D eigenvalue weighted by atomic mass is 10.2. The summed E-state index contributed by atoms with van der Waals surface area (Å²) in [5, 5.41) is 3.24. The summed E-state index contributed by atoms with van der Waals surface area (Å²) in [7, 11) is -3.18. The number of carbonyl (C=O) groups is 1.